The van der Waals surface area contributed by atoms with E-state index in [0.717, 1.165) is 21.6 Å². The van der Waals surface area contributed by atoms with Gasteiger partial charge in [-0.25, -0.2) is 8.78 Å². The Morgan fingerprint density at radius 3 is 2.57 bits per heavy atom. The maximum Gasteiger partial charge on any atom is 0.249 e. The van der Waals surface area contributed by atoms with Crippen molar-refractivity contribution in [2.75, 3.05) is 12.3 Å². The van der Waals surface area contributed by atoms with Gasteiger partial charge in [0.15, 0.2) is 0 Å². The van der Waals surface area contributed by atoms with Crippen molar-refractivity contribution in [3.8, 4) is 23.3 Å². The smallest absolute Gasteiger partial charge is 0.249 e. The summed E-state index contributed by atoms with van der Waals surface area (Å²) in [5.41, 5.74) is 2.70. The third kappa shape index (κ3) is 5.17. The number of benzene rings is 2. The summed E-state index contributed by atoms with van der Waals surface area (Å²) in [5, 5.41) is 19.9. The van der Waals surface area contributed by atoms with E-state index < -0.39 is 24.2 Å². The van der Waals surface area contributed by atoms with Crippen LogP contribution in [0, 0.1) is 28.6 Å². The molecule has 2 aromatic carbocycles. The van der Waals surface area contributed by atoms with Gasteiger partial charge in [-0.15, -0.1) is 11.8 Å². The molecule has 0 saturated heterocycles. The van der Waals surface area contributed by atoms with Gasteiger partial charge in [-0.05, 0) is 41.2 Å². The number of halogens is 2. The zero-order chi connectivity index (χ0) is 21.6. The number of hydrogen-bond donors (Lipinski definition) is 1. The highest BCUT2D eigenvalue weighted by Crippen LogP contribution is 2.47. The first-order chi connectivity index (χ1) is 14.4. The molecule has 0 aromatic heterocycles. The summed E-state index contributed by atoms with van der Waals surface area (Å²) in [6.07, 6.45) is -0.588. The predicted molar refractivity (Wildman–Crippen MR) is 112 cm³/mol. The molecule has 0 bridgehead atoms. The second-order valence-corrected chi connectivity index (χ2v) is 8.29. The van der Waals surface area contributed by atoms with E-state index in [1.54, 1.807) is 0 Å². The molecule has 1 N–H and O–H groups in total. The normalized spacial score (nSPS) is 20.0. The number of amides is 1. The molecule has 2 atom stereocenters. The van der Waals surface area contributed by atoms with Crippen LogP contribution in [0.1, 0.15) is 30.7 Å². The maximum absolute atomic E-state index is 14.1. The van der Waals surface area contributed by atoms with Crippen LogP contribution in [-0.4, -0.2) is 24.1 Å². The monoisotopic (exact) mass is 425 g/mol. The molecule has 2 unspecified atom stereocenters. The zero-order valence-electron chi connectivity index (χ0n) is 16.3. The Bertz CT molecular complexity index is 979. The molecule has 1 aliphatic carbocycles. The van der Waals surface area contributed by atoms with Crippen LogP contribution in [0.2, 0.25) is 0 Å². The molecule has 4 nitrogen and oxygen atoms in total. The third-order valence-corrected chi connectivity index (χ3v) is 6.21. The van der Waals surface area contributed by atoms with Gasteiger partial charge in [0, 0.05) is 17.7 Å². The Kier molecular flexibility index (Phi) is 7.07. The molecule has 0 heterocycles. The van der Waals surface area contributed by atoms with Gasteiger partial charge in [0.25, 0.3) is 0 Å². The zero-order valence-corrected chi connectivity index (χ0v) is 17.1. The molecule has 0 aliphatic heterocycles. The molecule has 30 heavy (non-hydrogen) atoms. The van der Waals surface area contributed by atoms with Crippen molar-refractivity contribution in [1.29, 1.82) is 10.5 Å². The summed E-state index contributed by atoms with van der Waals surface area (Å²) in [4.78, 5) is 13.6. The van der Waals surface area contributed by atoms with E-state index in [4.69, 9.17) is 10.5 Å². The first-order valence-electron chi connectivity index (χ1n) is 9.67. The molecule has 1 aliphatic rings. The van der Waals surface area contributed by atoms with Crippen molar-refractivity contribution < 1.29 is 13.6 Å². The van der Waals surface area contributed by atoms with Gasteiger partial charge in [-0.3, -0.25) is 4.79 Å². The van der Waals surface area contributed by atoms with Crippen molar-refractivity contribution in [1.82, 2.24) is 5.32 Å². The fraction of sp³-hybridized carbons (Fsp3) is 0.348. The fourth-order valence-corrected chi connectivity index (χ4v) is 4.53. The summed E-state index contributed by atoms with van der Waals surface area (Å²) in [7, 11) is 0. The van der Waals surface area contributed by atoms with Crippen molar-refractivity contribution >= 4 is 17.7 Å². The van der Waals surface area contributed by atoms with Crippen LogP contribution in [0.4, 0.5) is 8.78 Å². The lowest BCUT2D eigenvalue weighted by molar-refractivity contribution is -0.133. The van der Waals surface area contributed by atoms with Crippen LogP contribution in [0.3, 0.4) is 0 Å². The van der Waals surface area contributed by atoms with E-state index in [1.165, 1.54) is 11.8 Å². The van der Waals surface area contributed by atoms with Gasteiger partial charge < -0.3 is 5.32 Å². The molecule has 1 amide bonds. The van der Waals surface area contributed by atoms with E-state index in [-0.39, 0.29) is 25.3 Å². The number of nitrogens with one attached hydrogen (secondary N) is 1. The number of nitriles is 2. The van der Waals surface area contributed by atoms with Crippen molar-refractivity contribution in [3.63, 3.8) is 0 Å². The Morgan fingerprint density at radius 2 is 1.87 bits per heavy atom. The minimum atomic E-state index is -2.89. The second kappa shape index (κ2) is 9.73. The number of alkyl halides is 2. The largest absolute Gasteiger partial charge is 0.343 e. The van der Waals surface area contributed by atoms with Gasteiger partial charge >= 0.3 is 0 Å². The number of hydrogen-bond acceptors (Lipinski definition) is 4. The van der Waals surface area contributed by atoms with Gasteiger partial charge in [-0.2, -0.15) is 10.5 Å². The Hall–Kier alpha value is -2.90. The first-order valence-corrected chi connectivity index (χ1v) is 10.7. The van der Waals surface area contributed by atoms with Gasteiger partial charge in [0.05, 0.1) is 23.8 Å². The van der Waals surface area contributed by atoms with E-state index in [1.807, 2.05) is 54.6 Å². The average Bonchev–Trinajstić information content (AvgIpc) is 2.76. The Balaban J connectivity index is 1.93. The molecular weight excluding hydrogens is 404 g/mol. The molecule has 2 aromatic rings. The SMILES string of the molecule is N#CCNC(=O)C1CC(F)(F)CCC1c1ccccc1-c1ccc(SCC#N)cc1. The van der Waals surface area contributed by atoms with Crippen LogP contribution in [0.15, 0.2) is 53.4 Å². The second-order valence-electron chi connectivity index (χ2n) is 7.25. The fourth-order valence-electron chi connectivity index (χ4n) is 3.97. The highest BCUT2D eigenvalue weighted by Gasteiger charge is 2.45. The molecule has 154 valence electrons. The molecular formula is C23H21F2N3OS. The highest BCUT2D eigenvalue weighted by molar-refractivity contribution is 7.99. The molecule has 7 heteroatoms. The van der Waals surface area contributed by atoms with Crippen molar-refractivity contribution in [3.05, 3.63) is 54.1 Å². The third-order valence-electron chi connectivity index (χ3n) is 5.33. The van der Waals surface area contributed by atoms with Gasteiger partial charge in [0.2, 0.25) is 11.8 Å². The predicted octanol–water partition coefficient (Wildman–Crippen LogP) is 5.13. The summed E-state index contributed by atoms with van der Waals surface area (Å²) in [6.45, 7) is -0.197. The molecule has 0 spiro atoms. The molecule has 3 rings (SSSR count). The number of carbonyl (C=O) groups is 1. The van der Waals surface area contributed by atoms with Gasteiger partial charge in [-0.1, -0.05) is 36.4 Å². The van der Waals surface area contributed by atoms with Crippen LogP contribution in [0.5, 0.6) is 0 Å². The number of nitrogens with zero attached hydrogens (tertiary/aromatic N) is 2. The summed E-state index contributed by atoms with van der Waals surface area (Å²) in [6, 6.07) is 19.2. The van der Waals surface area contributed by atoms with Crippen molar-refractivity contribution in [2.45, 2.75) is 36.0 Å². The Labute approximate surface area is 178 Å². The summed E-state index contributed by atoms with van der Waals surface area (Å²) >= 11 is 1.44. The van der Waals surface area contributed by atoms with Crippen molar-refractivity contribution in [2.24, 2.45) is 5.92 Å². The quantitative estimate of drug-likeness (QED) is 0.514. The lowest BCUT2D eigenvalue weighted by Crippen LogP contribution is -2.41. The van der Waals surface area contributed by atoms with E-state index >= 15 is 0 Å². The number of thioether (sulfide) groups is 1. The standard InChI is InChI=1S/C23H21F2N3OS/c24-23(25)10-9-20(21(15-23)22(29)28-13-11-26)19-4-2-1-3-18(19)16-5-7-17(8-6-16)30-14-12-27/h1-8,20-21H,9-10,13-15H2,(H,28,29). The summed E-state index contributed by atoms with van der Waals surface area (Å²) in [5.74, 6) is -4.27. The molecule has 0 radical (unpaired) electrons. The van der Waals surface area contributed by atoms with E-state index in [0.29, 0.717) is 5.75 Å². The van der Waals surface area contributed by atoms with Crippen LogP contribution >= 0.6 is 11.8 Å². The summed E-state index contributed by atoms with van der Waals surface area (Å²) < 4.78 is 28.3. The maximum atomic E-state index is 14.1. The Morgan fingerprint density at radius 1 is 1.13 bits per heavy atom. The molecule has 1 saturated carbocycles. The minimum Gasteiger partial charge on any atom is -0.343 e. The highest BCUT2D eigenvalue weighted by atomic mass is 32.2. The average molecular weight is 426 g/mol. The topological polar surface area (TPSA) is 76.7 Å². The van der Waals surface area contributed by atoms with E-state index in [9.17, 15) is 13.6 Å². The number of rotatable bonds is 6. The molecule has 1 fully saturated rings. The van der Waals surface area contributed by atoms with Crippen LogP contribution in [0.25, 0.3) is 11.1 Å². The first kappa shape index (κ1) is 21.8. The lowest BCUT2D eigenvalue weighted by Gasteiger charge is -2.36. The number of carbonyl (C=O) groups excluding carboxylic acids is 1. The van der Waals surface area contributed by atoms with Crippen LogP contribution in [-0.2, 0) is 4.79 Å². The minimum absolute atomic E-state index is 0.197. The van der Waals surface area contributed by atoms with E-state index in [2.05, 4.69) is 11.4 Å². The van der Waals surface area contributed by atoms with Gasteiger partial charge in [0.1, 0.15) is 6.54 Å². The lowest BCUT2D eigenvalue weighted by atomic mass is 9.72. The van der Waals surface area contributed by atoms with Crippen LogP contribution < -0.4 is 5.32 Å².